The van der Waals surface area contributed by atoms with Gasteiger partial charge in [-0.3, -0.25) is 4.79 Å². The van der Waals surface area contributed by atoms with Crippen molar-refractivity contribution < 1.29 is 18.3 Å². The highest BCUT2D eigenvalue weighted by Gasteiger charge is 2.12. The van der Waals surface area contributed by atoms with Gasteiger partial charge in [-0.2, -0.15) is 0 Å². The van der Waals surface area contributed by atoms with E-state index in [0.29, 0.717) is 17.0 Å². The lowest BCUT2D eigenvalue weighted by atomic mass is 10.1. The molecule has 4 nitrogen and oxygen atoms in total. The molecule has 0 bridgehead atoms. The minimum atomic E-state index is -0.638. The van der Waals surface area contributed by atoms with E-state index in [-0.39, 0.29) is 12.5 Å². The molecule has 0 spiro atoms. The number of carbonyl (C=O) groups is 1. The first-order chi connectivity index (χ1) is 11.0. The smallest absolute Gasteiger partial charge is 0.238 e. The van der Waals surface area contributed by atoms with Crippen LogP contribution >= 0.6 is 0 Å². The first kappa shape index (κ1) is 16.9. The number of nitrogens with one attached hydrogen (secondary N) is 2. The number of rotatable bonds is 6. The average molecular weight is 320 g/mol. The van der Waals surface area contributed by atoms with E-state index in [1.807, 2.05) is 0 Å². The average Bonchev–Trinajstić information content (AvgIpc) is 2.53. The number of ether oxygens (including phenoxy) is 1. The van der Waals surface area contributed by atoms with Crippen molar-refractivity contribution in [2.45, 2.75) is 13.0 Å². The largest absolute Gasteiger partial charge is 0.497 e. The molecule has 2 N–H and O–H groups in total. The Balaban J connectivity index is 1.87. The topological polar surface area (TPSA) is 50.4 Å². The van der Waals surface area contributed by atoms with E-state index in [9.17, 15) is 13.6 Å². The van der Waals surface area contributed by atoms with Gasteiger partial charge in [0.1, 0.15) is 17.4 Å². The molecule has 0 fully saturated rings. The number of hydrogen-bond acceptors (Lipinski definition) is 3. The second kappa shape index (κ2) is 7.69. The summed E-state index contributed by atoms with van der Waals surface area (Å²) < 4.78 is 31.6. The lowest BCUT2D eigenvalue weighted by Gasteiger charge is -2.15. The molecule has 1 atom stereocenters. The quantitative estimate of drug-likeness (QED) is 0.859. The van der Waals surface area contributed by atoms with E-state index in [2.05, 4.69) is 10.6 Å². The van der Waals surface area contributed by atoms with E-state index in [4.69, 9.17) is 4.74 Å². The Morgan fingerprint density at radius 2 is 1.87 bits per heavy atom. The summed E-state index contributed by atoms with van der Waals surface area (Å²) in [6.07, 6.45) is 0. The maximum atomic E-state index is 13.7. The van der Waals surface area contributed by atoms with Crippen LogP contribution in [0.4, 0.5) is 14.5 Å². The fraction of sp³-hybridized carbons (Fsp3) is 0.235. The Kier molecular flexibility index (Phi) is 5.65. The number of methoxy groups -OCH3 is 1. The number of anilines is 1. The third-order valence-electron chi connectivity index (χ3n) is 3.37. The van der Waals surface area contributed by atoms with Crippen LogP contribution in [0.2, 0.25) is 0 Å². The standard InChI is InChI=1S/C17H18F2N2O2/c1-11(15-8-3-12(18)9-16(15)19)20-10-17(22)21-13-4-6-14(23-2)7-5-13/h3-9,11,20H,10H2,1-2H3,(H,21,22)/t11-/m1/s1. The second-order valence-corrected chi connectivity index (χ2v) is 5.05. The van der Waals surface area contributed by atoms with Crippen LogP contribution in [0.25, 0.3) is 0 Å². The number of carbonyl (C=O) groups excluding carboxylic acids is 1. The Morgan fingerprint density at radius 1 is 1.17 bits per heavy atom. The van der Waals surface area contributed by atoms with E-state index in [1.165, 1.54) is 12.1 Å². The molecule has 122 valence electrons. The zero-order chi connectivity index (χ0) is 16.8. The molecule has 0 aliphatic rings. The molecular formula is C17H18F2N2O2. The van der Waals surface area contributed by atoms with Gasteiger partial charge in [-0.1, -0.05) is 6.07 Å². The summed E-state index contributed by atoms with van der Waals surface area (Å²) in [4.78, 5) is 11.9. The SMILES string of the molecule is COc1ccc(NC(=O)CN[C@H](C)c2ccc(F)cc2F)cc1. The van der Waals surface area contributed by atoms with Gasteiger partial charge in [0.2, 0.25) is 5.91 Å². The van der Waals surface area contributed by atoms with Crippen LogP contribution in [0.15, 0.2) is 42.5 Å². The molecular weight excluding hydrogens is 302 g/mol. The maximum Gasteiger partial charge on any atom is 0.238 e. The van der Waals surface area contributed by atoms with Crippen molar-refractivity contribution in [3.8, 4) is 5.75 Å². The van der Waals surface area contributed by atoms with Gasteiger partial charge >= 0.3 is 0 Å². The van der Waals surface area contributed by atoms with Crippen LogP contribution in [-0.2, 0) is 4.79 Å². The molecule has 0 aliphatic carbocycles. The van der Waals surface area contributed by atoms with Gasteiger partial charge < -0.3 is 15.4 Å². The Labute approximate surface area is 133 Å². The summed E-state index contributed by atoms with van der Waals surface area (Å²) in [5.41, 5.74) is 0.946. The molecule has 0 aliphatic heterocycles. The van der Waals surface area contributed by atoms with Gasteiger partial charge in [-0.05, 0) is 37.3 Å². The normalized spacial score (nSPS) is 11.8. The van der Waals surface area contributed by atoms with Crippen LogP contribution in [0, 0.1) is 11.6 Å². The van der Waals surface area contributed by atoms with Crippen molar-refractivity contribution in [2.75, 3.05) is 19.0 Å². The molecule has 23 heavy (non-hydrogen) atoms. The Bertz CT molecular complexity index is 675. The lowest BCUT2D eigenvalue weighted by molar-refractivity contribution is -0.115. The molecule has 6 heteroatoms. The summed E-state index contributed by atoms with van der Waals surface area (Å²) in [5, 5.41) is 5.62. The van der Waals surface area contributed by atoms with Crippen molar-refractivity contribution in [3.05, 3.63) is 59.7 Å². The Hall–Kier alpha value is -2.47. The monoisotopic (exact) mass is 320 g/mol. The van der Waals surface area contributed by atoms with Crippen LogP contribution in [-0.4, -0.2) is 19.6 Å². The molecule has 1 amide bonds. The zero-order valence-corrected chi connectivity index (χ0v) is 12.9. The van der Waals surface area contributed by atoms with Crippen molar-refractivity contribution in [1.29, 1.82) is 0 Å². The van der Waals surface area contributed by atoms with E-state index >= 15 is 0 Å². The highest BCUT2D eigenvalue weighted by Crippen LogP contribution is 2.18. The first-order valence-electron chi connectivity index (χ1n) is 7.12. The first-order valence-corrected chi connectivity index (χ1v) is 7.12. The zero-order valence-electron chi connectivity index (χ0n) is 12.9. The number of benzene rings is 2. The summed E-state index contributed by atoms with van der Waals surface area (Å²) in [7, 11) is 1.56. The molecule has 2 rings (SSSR count). The highest BCUT2D eigenvalue weighted by molar-refractivity contribution is 5.92. The van der Waals surface area contributed by atoms with Crippen LogP contribution in [0.5, 0.6) is 5.75 Å². The van der Waals surface area contributed by atoms with E-state index < -0.39 is 17.7 Å². The van der Waals surface area contributed by atoms with Crippen LogP contribution in [0.3, 0.4) is 0 Å². The van der Waals surface area contributed by atoms with Crippen molar-refractivity contribution in [1.82, 2.24) is 5.32 Å². The summed E-state index contributed by atoms with van der Waals surface area (Å²) >= 11 is 0. The molecule has 0 saturated carbocycles. The van der Waals surface area contributed by atoms with Crippen molar-refractivity contribution in [3.63, 3.8) is 0 Å². The van der Waals surface area contributed by atoms with Gasteiger partial charge in [0.05, 0.1) is 13.7 Å². The van der Waals surface area contributed by atoms with Gasteiger partial charge in [-0.15, -0.1) is 0 Å². The third kappa shape index (κ3) is 4.75. The second-order valence-electron chi connectivity index (χ2n) is 5.05. The predicted octanol–water partition coefficient (Wildman–Crippen LogP) is 3.26. The van der Waals surface area contributed by atoms with Gasteiger partial charge in [0.25, 0.3) is 0 Å². The van der Waals surface area contributed by atoms with Crippen LogP contribution < -0.4 is 15.4 Å². The lowest BCUT2D eigenvalue weighted by Crippen LogP contribution is -2.30. The minimum Gasteiger partial charge on any atom is -0.497 e. The number of amides is 1. The van der Waals surface area contributed by atoms with Crippen molar-refractivity contribution >= 4 is 11.6 Å². The summed E-state index contributed by atoms with van der Waals surface area (Å²) in [6, 6.07) is 9.87. The summed E-state index contributed by atoms with van der Waals surface area (Å²) in [5.74, 6) is -0.831. The predicted molar refractivity (Wildman–Crippen MR) is 84.4 cm³/mol. The highest BCUT2D eigenvalue weighted by atomic mass is 19.1. The maximum absolute atomic E-state index is 13.7. The van der Waals surface area contributed by atoms with E-state index in [1.54, 1.807) is 38.3 Å². The molecule has 0 saturated heterocycles. The molecule has 0 heterocycles. The number of hydrogen-bond donors (Lipinski definition) is 2. The fourth-order valence-electron chi connectivity index (χ4n) is 2.09. The van der Waals surface area contributed by atoms with Gasteiger partial charge in [0.15, 0.2) is 0 Å². The summed E-state index contributed by atoms with van der Waals surface area (Å²) in [6.45, 7) is 1.71. The van der Waals surface area contributed by atoms with Gasteiger partial charge in [-0.25, -0.2) is 8.78 Å². The minimum absolute atomic E-state index is 0.00398. The molecule has 2 aromatic carbocycles. The molecule has 0 radical (unpaired) electrons. The van der Waals surface area contributed by atoms with E-state index in [0.717, 1.165) is 6.07 Å². The third-order valence-corrected chi connectivity index (χ3v) is 3.37. The molecule has 0 unspecified atom stereocenters. The fourth-order valence-corrected chi connectivity index (χ4v) is 2.09. The number of halogens is 2. The molecule has 2 aromatic rings. The Morgan fingerprint density at radius 3 is 2.48 bits per heavy atom. The van der Waals surface area contributed by atoms with Crippen LogP contribution in [0.1, 0.15) is 18.5 Å². The van der Waals surface area contributed by atoms with Crippen molar-refractivity contribution in [2.24, 2.45) is 0 Å². The molecule has 0 aromatic heterocycles. The van der Waals surface area contributed by atoms with Gasteiger partial charge in [0, 0.05) is 23.4 Å².